The Kier molecular flexibility index (Phi) is 13.9. The highest BCUT2D eigenvalue weighted by Crippen LogP contribution is 2.12. The van der Waals surface area contributed by atoms with Gasteiger partial charge in [-0.15, -0.1) is 36.4 Å². The van der Waals surface area contributed by atoms with Gasteiger partial charge >= 0.3 is 0 Å². The van der Waals surface area contributed by atoms with Crippen molar-refractivity contribution in [2.75, 3.05) is 37.0 Å². The lowest BCUT2D eigenvalue weighted by Gasteiger charge is -2.29. The van der Waals surface area contributed by atoms with E-state index in [0.717, 1.165) is 32.1 Å². The Morgan fingerprint density at radius 2 is 1.59 bits per heavy atom. The summed E-state index contributed by atoms with van der Waals surface area (Å²) in [5, 5.41) is 3.34. The fraction of sp³-hybridized carbons (Fsp3) is 0.500. The molecule has 0 atom stereocenters. The Labute approximate surface area is 122 Å². The van der Waals surface area contributed by atoms with Crippen LogP contribution in [0.4, 0.5) is 5.69 Å². The maximum Gasteiger partial charge on any atom is 0.0367 e. The molecular weight excluding hydrogens is 279 g/mol. The largest absolute Gasteiger partial charge is 0.369 e. The van der Waals surface area contributed by atoms with E-state index in [0.29, 0.717) is 0 Å². The number of anilines is 1. The molecule has 0 amide bonds. The van der Waals surface area contributed by atoms with Crippen molar-refractivity contribution in [3.63, 3.8) is 0 Å². The van der Waals surface area contributed by atoms with Gasteiger partial charge in [0, 0.05) is 37.7 Å². The quantitative estimate of drug-likeness (QED) is 0.801. The predicted octanol–water partition coefficient (Wildman–Crippen LogP) is 3.18. The van der Waals surface area contributed by atoms with Gasteiger partial charge in [0.1, 0.15) is 0 Å². The van der Waals surface area contributed by atoms with Crippen molar-refractivity contribution < 1.29 is 0 Å². The molecule has 1 fully saturated rings. The molecule has 0 aromatic heterocycles. The Hall–Kier alpha value is -0.150. The first-order valence-corrected chi connectivity index (χ1v) is 5.98. The van der Waals surface area contributed by atoms with Crippen LogP contribution >= 0.6 is 36.4 Å². The summed E-state index contributed by atoms with van der Waals surface area (Å²) in [6.07, 6.45) is 0. The van der Waals surface area contributed by atoms with Crippen LogP contribution in [-0.2, 0) is 0 Å². The molecule has 1 N–H and O–H groups in total. The Balaban J connectivity index is 0. The molecule has 2 rings (SSSR count). The van der Waals surface area contributed by atoms with E-state index in [4.69, 9.17) is 11.6 Å². The van der Waals surface area contributed by atoms with Gasteiger partial charge in [0.25, 0.3) is 0 Å². The second kappa shape index (κ2) is 12.3. The minimum Gasteiger partial charge on any atom is -0.369 e. The molecule has 5 heteroatoms. The molecule has 0 saturated carbocycles. The minimum absolute atomic E-state index is 0. The van der Waals surface area contributed by atoms with Gasteiger partial charge < -0.3 is 10.2 Å². The number of para-hydroxylation sites is 1. The number of nitrogens with one attached hydrogen (secondary N) is 1. The zero-order valence-electron chi connectivity index (χ0n) is 10.1. The molecule has 0 spiro atoms. The first kappa shape index (κ1) is 19.2. The van der Waals surface area contributed by atoms with Crippen LogP contribution in [0.25, 0.3) is 0 Å². The minimum atomic E-state index is 0. The molecule has 100 valence electrons. The van der Waals surface area contributed by atoms with Crippen molar-refractivity contribution >= 4 is 42.1 Å². The number of piperazine rings is 1. The maximum absolute atomic E-state index is 5.00. The average Bonchev–Trinajstić information content (AvgIpc) is 2.32. The van der Waals surface area contributed by atoms with Crippen molar-refractivity contribution in [2.24, 2.45) is 0 Å². The lowest BCUT2D eigenvalue weighted by atomic mass is 10.2. The number of hydrogen-bond donors (Lipinski definition) is 1. The second-order valence-electron chi connectivity index (χ2n) is 3.34. The van der Waals surface area contributed by atoms with E-state index >= 15 is 0 Å². The molecular formula is C12H21Cl3N2. The second-order valence-corrected chi connectivity index (χ2v) is 3.87. The van der Waals surface area contributed by atoms with Crippen LogP contribution < -0.4 is 10.2 Å². The Bertz CT molecular complexity index is 251. The highest BCUT2D eigenvalue weighted by Gasteiger charge is 2.08. The summed E-state index contributed by atoms with van der Waals surface area (Å²) >= 11 is 5.00. The number of hydrogen-bond acceptors (Lipinski definition) is 2. The third-order valence-corrected chi connectivity index (χ3v) is 2.24. The molecule has 2 nitrogen and oxygen atoms in total. The normalized spacial score (nSPS) is 13.6. The zero-order chi connectivity index (χ0) is 10.9. The van der Waals surface area contributed by atoms with E-state index in [-0.39, 0.29) is 24.8 Å². The fourth-order valence-electron chi connectivity index (χ4n) is 1.56. The molecule has 1 saturated heterocycles. The van der Waals surface area contributed by atoms with E-state index in [1.165, 1.54) is 5.69 Å². The van der Waals surface area contributed by atoms with E-state index in [1.807, 2.05) is 6.92 Å². The molecule has 17 heavy (non-hydrogen) atoms. The topological polar surface area (TPSA) is 15.3 Å². The maximum atomic E-state index is 5.00. The van der Waals surface area contributed by atoms with E-state index < -0.39 is 0 Å². The van der Waals surface area contributed by atoms with Crippen LogP contribution in [0.1, 0.15) is 6.92 Å². The highest BCUT2D eigenvalue weighted by atomic mass is 35.5. The average molecular weight is 300 g/mol. The smallest absolute Gasteiger partial charge is 0.0367 e. The summed E-state index contributed by atoms with van der Waals surface area (Å²) in [5.74, 6) is 0.722. The van der Waals surface area contributed by atoms with Crippen LogP contribution in [-0.4, -0.2) is 32.1 Å². The molecule has 0 aliphatic carbocycles. The van der Waals surface area contributed by atoms with Gasteiger partial charge in [0.2, 0.25) is 0 Å². The van der Waals surface area contributed by atoms with Crippen molar-refractivity contribution in [3.05, 3.63) is 30.3 Å². The summed E-state index contributed by atoms with van der Waals surface area (Å²) in [6.45, 7) is 6.36. The van der Waals surface area contributed by atoms with Gasteiger partial charge in [-0.05, 0) is 12.1 Å². The van der Waals surface area contributed by atoms with Crippen molar-refractivity contribution in [3.8, 4) is 0 Å². The fourth-order valence-corrected chi connectivity index (χ4v) is 1.56. The number of nitrogens with zero attached hydrogens (tertiary/aromatic N) is 1. The predicted molar refractivity (Wildman–Crippen MR) is 82.4 cm³/mol. The van der Waals surface area contributed by atoms with Crippen molar-refractivity contribution in [2.45, 2.75) is 6.92 Å². The van der Waals surface area contributed by atoms with Crippen LogP contribution in [0.2, 0.25) is 0 Å². The molecule has 0 bridgehead atoms. The summed E-state index contributed by atoms with van der Waals surface area (Å²) in [6, 6.07) is 10.6. The van der Waals surface area contributed by atoms with Gasteiger partial charge in [-0.1, -0.05) is 25.1 Å². The Morgan fingerprint density at radius 1 is 1.12 bits per heavy atom. The number of halogens is 3. The van der Waals surface area contributed by atoms with Crippen molar-refractivity contribution in [1.29, 1.82) is 0 Å². The lowest BCUT2D eigenvalue weighted by molar-refractivity contribution is 0.589. The first-order valence-electron chi connectivity index (χ1n) is 5.45. The van der Waals surface area contributed by atoms with E-state index in [9.17, 15) is 0 Å². The molecule has 1 heterocycles. The third-order valence-electron chi connectivity index (χ3n) is 2.24. The number of benzene rings is 1. The standard InChI is InChI=1S/C10H14N2.C2H5Cl.2ClH/c1-2-4-10(5-3-1)12-8-6-11-7-9-12;1-2-3;;/h1-5,11H,6-9H2;2H2,1H3;2*1H. The van der Waals surface area contributed by atoms with Gasteiger partial charge in [0.15, 0.2) is 0 Å². The molecule has 1 aromatic rings. The summed E-state index contributed by atoms with van der Waals surface area (Å²) in [7, 11) is 0. The summed E-state index contributed by atoms with van der Waals surface area (Å²) < 4.78 is 0. The molecule has 1 aliphatic rings. The van der Waals surface area contributed by atoms with Gasteiger partial charge in [-0.3, -0.25) is 0 Å². The molecule has 0 unspecified atom stereocenters. The van der Waals surface area contributed by atoms with E-state index in [2.05, 4.69) is 40.5 Å². The SMILES string of the molecule is CCCl.Cl.Cl.c1ccc(N2CCNCC2)cc1. The van der Waals surface area contributed by atoms with Gasteiger partial charge in [-0.2, -0.15) is 0 Å². The zero-order valence-corrected chi connectivity index (χ0v) is 12.5. The van der Waals surface area contributed by atoms with Crippen LogP contribution in [0, 0.1) is 0 Å². The number of alkyl halides is 1. The van der Waals surface area contributed by atoms with Crippen LogP contribution in [0.5, 0.6) is 0 Å². The molecule has 1 aliphatic heterocycles. The third kappa shape index (κ3) is 7.72. The molecule has 0 radical (unpaired) electrons. The Morgan fingerprint density at radius 3 is 2.06 bits per heavy atom. The van der Waals surface area contributed by atoms with Gasteiger partial charge in [0.05, 0.1) is 0 Å². The van der Waals surface area contributed by atoms with Gasteiger partial charge in [-0.25, -0.2) is 0 Å². The van der Waals surface area contributed by atoms with Crippen LogP contribution in [0.3, 0.4) is 0 Å². The highest BCUT2D eigenvalue weighted by molar-refractivity contribution is 6.17. The summed E-state index contributed by atoms with van der Waals surface area (Å²) in [4.78, 5) is 2.41. The molecule has 1 aromatic carbocycles. The number of rotatable bonds is 1. The summed E-state index contributed by atoms with van der Waals surface area (Å²) in [5.41, 5.74) is 1.35. The van der Waals surface area contributed by atoms with Crippen LogP contribution in [0.15, 0.2) is 30.3 Å². The van der Waals surface area contributed by atoms with E-state index in [1.54, 1.807) is 0 Å². The monoisotopic (exact) mass is 298 g/mol. The lowest BCUT2D eigenvalue weighted by Crippen LogP contribution is -2.43. The van der Waals surface area contributed by atoms with Crippen molar-refractivity contribution in [1.82, 2.24) is 5.32 Å². The first-order chi connectivity index (χ1) is 7.38.